The molecule has 0 spiro atoms. The summed E-state index contributed by atoms with van der Waals surface area (Å²) in [6.07, 6.45) is -4.56. The number of benzene rings is 6. The summed E-state index contributed by atoms with van der Waals surface area (Å²) in [6.45, 7) is 0. The van der Waals surface area contributed by atoms with Gasteiger partial charge in [0, 0.05) is 22.3 Å². The molecule has 0 aliphatic rings. The summed E-state index contributed by atoms with van der Waals surface area (Å²) in [4.78, 5) is 19.9. The fourth-order valence-corrected chi connectivity index (χ4v) is 5.98. The average molecular weight is 631 g/mol. The van der Waals surface area contributed by atoms with Crippen LogP contribution in [0.4, 0.5) is 13.2 Å². The first-order valence-corrected chi connectivity index (χ1v) is 15.4. The molecule has 2 aromatic heterocycles. The van der Waals surface area contributed by atoms with E-state index in [1.54, 1.807) is 6.07 Å². The van der Waals surface area contributed by atoms with Gasteiger partial charge in [-0.05, 0) is 41.5 Å². The zero-order valence-corrected chi connectivity index (χ0v) is 25.4. The largest absolute Gasteiger partial charge is 0.417 e. The molecule has 4 nitrogen and oxygen atoms in total. The van der Waals surface area contributed by atoms with Gasteiger partial charge in [0.25, 0.3) is 0 Å². The molecule has 8 rings (SSSR count). The maximum atomic E-state index is 14.2. The van der Waals surface area contributed by atoms with Gasteiger partial charge in [0.2, 0.25) is 0 Å². The highest BCUT2D eigenvalue weighted by atomic mass is 19.4. The molecule has 0 saturated heterocycles. The van der Waals surface area contributed by atoms with Crippen molar-refractivity contribution in [3.8, 4) is 56.2 Å². The van der Waals surface area contributed by atoms with E-state index in [1.807, 2.05) is 127 Å². The maximum absolute atomic E-state index is 14.2. The van der Waals surface area contributed by atoms with Crippen LogP contribution in [-0.4, -0.2) is 19.9 Å². The zero-order valence-electron chi connectivity index (χ0n) is 25.4. The maximum Gasteiger partial charge on any atom is 0.417 e. The Labute approximate surface area is 274 Å². The molecule has 0 N–H and O–H groups in total. The van der Waals surface area contributed by atoms with E-state index < -0.39 is 11.7 Å². The normalized spacial score (nSPS) is 11.6. The van der Waals surface area contributed by atoms with Crippen LogP contribution in [0.15, 0.2) is 152 Å². The molecule has 6 aromatic carbocycles. The lowest BCUT2D eigenvalue weighted by Gasteiger charge is -2.16. The van der Waals surface area contributed by atoms with Crippen LogP contribution in [-0.2, 0) is 6.18 Å². The average Bonchev–Trinajstić information content (AvgIpc) is 3.14. The molecule has 2 heterocycles. The van der Waals surface area contributed by atoms with Crippen molar-refractivity contribution in [2.24, 2.45) is 0 Å². The standard InChI is InChI=1S/C41H25F3N4/c42-41(43,44)32-19-11-10-18-31(32)40-39(28-16-8-3-9-17-28)46-34-23-21-30(25-36(34)48-40)29-20-22-33-35(24-29)47-38(27-14-6-2-7-15-27)37(45-33)26-12-4-1-5-13-26/h1-25H. The second-order valence-electron chi connectivity index (χ2n) is 11.4. The van der Waals surface area contributed by atoms with E-state index in [4.69, 9.17) is 19.9 Å². The molecule has 0 aliphatic heterocycles. The van der Waals surface area contributed by atoms with Crippen LogP contribution < -0.4 is 0 Å². The third-order valence-corrected chi connectivity index (χ3v) is 8.29. The van der Waals surface area contributed by atoms with Crippen LogP contribution in [0, 0.1) is 0 Å². The Morgan fingerprint density at radius 3 is 1.17 bits per heavy atom. The quantitative estimate of drug-likeness (QED) is 0.190. The molecule has 0 saturated carbocycles. The van der Waals surface area contributed by atoms with Gasteiger partial charge >= 0.3 is 6.18 Å². The first kappa shape index (κ1) is 29.2. The van der Waals surface area contributed by atoms with E-state index in [0.29, 0.717) is 22.3 Å². The van der Waals surface area contributed by atoms with Crippen molar-refractivity contribution in [1.82, 2.24) is 19.9 Å². The number of rotatable bonds is 5. The Kier molecular flexibility index (Phi) is 7.22. The van der Waals surface area contributed by atoms with E-state index in [0.717, 1.165) is 50.7 Å². The van der Waals surface area contributed by atoms with Crippen molar-refractivity contribution in [3.63, 3.8) is 0 Å². The smallest absolute Gasteiger partial charge is 0.244 e. The molecule has 8 aromatic rings. The van der Waals surface area contributed by atoms with E-state index in [1.165, 1.54) is 12.1 Å². The third kappa shape index (κ3) is 5.45. The van der Waals surface area contributed by atoms with E-state index in [2.05, 4.69) is 0 Å². The van der Waals surface area contributed by atoms with Crippen LogP contribution in [0.25, 0.3) is 78.2 Å². The van der Waals surface area contributed by atoms with Crippen molar-refractivity contribution in [3.05, 3.63) is 157 Å². The fraction of sp³-hybridized carbons (Fsp3) is 0.0244. The summed E-state index contributed by atoms with van der Waals surface area (Å²) in [5, 5.41) is 0. The van der Waals surface area contributed by atoms with Gasteiger partial charge in [-0.15, -0.1) is 0 Å². The molecule has 48 heavy (non-hydrogen) atoms. The second-order valence-corrected chi connectivity index (χ2v) is 11.4. The van der Waals surface area contributed by atoms with Crippen molar-refractivity contribution in [2.45, 2.75) is 6.18 Å². The van der Waals surface area contributed by atoms with Crippen LogP contribution in [0.5, 0.6) is 0 Å². The summed E-state index contributed by atoms with van der Waals surface area (Å²) >= 11 is 0. The van der Waals surface area contributed by atoms with Gasteiger partial charge in [0.05, 0.1) is 50.4 Å². The Morgan fingerprint density at radius 2 is 0.708 bits per heavy atom. The number of hydrogen-bond acceptors (Lipinski definition) is 4. The van der Waals surface area contributed by atoms with Gasteiger partial charge in [-0.3, -0.25) is 0 Å². The summed E-state index contributed by atoms with van der Waals surface area (Å²) in [7, 11) is 0. The molecule has 0 amide bonds. The lowest BCUT2D eigenvalue weighted by Crippen LogP contribution is -2.08. The molecule has 0 fully saturated rings. The molecule has 0 radical (unpaired) electrons. The minimum absolute atomic E-state index is 0.0210. The monoisotopic (exact) mass is 630 g/mol. The van der Waals surface area contributed by atoms with Crippen LogP contribution in [0.3, 0.4) is 0 Å². The van der Waals surface area contributed by atoms with Gasteiger partial charge in [-0.1, -0.05) is 121 Å². The molecule has 0 atom stereocenters. The van der Waals surface area contributed by atoms with E-state index >= 15 is 0 Å². The molecular formula is C41H25F3N4. The topological polar surface area (TPSA) is 51.6 Å². The molecule has 0 aliphatic carbocycles. The highest BCUT2D eigenvalue weighted by Gasteiger charge is 2.34. The third-order valence-electron chi connectivity index (χ3n) is 8.29. The molecular weight excluding hydrogens is 605 g/mol. The van der Waals surface area contributed by atoms with E-state index in [9.17, 15) is 13.2 Å². The number of aromatic nitrogens is 4. The SMILES string of the molecule is FC(F)(F)c1ccccc1-c1nc2cc(-c3ccc4nc(-c5ccccc5)c(-c5ccccc5)nc4c3)ccc2nc1-c1ccccc1. The second kappa shape index (κ2) is 11.9. The minimum Gasteiger partial charge on any atom is -0.244 e. The number of nitrogens with zero attached hydrogens (tertiary/aromatic N) is 4. The summed E-state index contributed by atoms with van der Waals surface area (Å²) < 4.78 is 42.6. The van der Waals surface area contributed by atoms with Gasteiger partial charge in [0.1, 0.15) is 0 Å². The number of halogens is 3. The Bertz CT molecular complexity index is 2430. The van der Waals surface area contributed by atoms with Crippen LogP contribution >= 0.6 is 0 Å². The highest BCUT2D eigenvalue weighted by molar-refractivity contribution is 5.92. The van der Waals surface area contributed by atoms with Crippen molar-refractivity contribution >= 4 is 22.1 Å². The van der Waals surface area contributed by atoms with Gasteiger partial charge in [-0.25, -0.2) is 19.9 Å². The fourth-order valence-electron chi connectivity index (χ4n) is 5.98. The van der Waals surface area contributed by atoms with Crippen LogP contribution in [0.1, 0.15) is 5.56 Å². The first-order valence-electron chi connectivity index (χ1n) is 15.4. The molecule has 0 bridgehead atoms. The minimum atomic E-state index is -4.56. The van der Waals surface area contributed by atoms with Crippen molar-refractivity contribution in [2.75, 3.05) is 0 Å². The Morgan fingerprint density at radius 1 is 0.333 bits per heavy atom. The van der Waals surface area contributed by atoms with Gasteiger partial charge < -0.3 is 0 Å². The number of hydrogen-bond donors (Lipinski definition) is 0. The van der Waals surface area contributed by atoms with Gasteiger partial charge in [-0.2, -0.15) is 13.2 Å². The summed E-state index contributed by atoms with van der Waals surface area (Å²) in [5.74, 6) is 0. The zero-order chi connectivity index (χ0) is 32.7. The van der Waals surface area contributed by atoms with E-state index in [-0.39, 0.29) is 11.3 Å². The summed E-state index contributed by atoms with van der Waals surface area (Å²) in [6, 6.07) is 46.2. The molecule has 7 heteroatoms. The molecule has 230 valence electrons. The van der Waals surface area contributed by atoms with Crippen LogP contribution in [0.2, 0.25) is 0 Å². The Hall–Kier alpha value is -6.21. The molecule has 0 unspecified atom stereocenters. The lowest BCUT2D eigenvalue weighted by atomic mass is 9.98. The van der Waals surface area contributed by atoms with Gasteiger partial charge in [0.15, 0.2) is 0 Å². The van der Waals surface area contributed by atoms with Crippen molar-refractivity contribution in [1.29, 1.82) is 0 Å². The van der Waals surface area contributed by atoms with Crippen molar-refractivity contribution < 1.29 is 13.2 Å². The summed E-state index contributed by atoms with van der Waals surface area (Å²) in [5.41, 5.74) is 8.18. The number of fused-ring (bicyclic) bond motifs is 2. The predicted octanol–water partition coefficient (Wildman–Crippen LogP) is 10.9. The first-order chi connectivity index (χ1) is 23.4. The number of alkyl halides is 3. The Balaban J connectivity index is 1.29. The predicted molar refractivity (Wildman–Crippen MR) is 185 cm³/mol. The highest BCUT2D eigenvalue weighted by Crippen LogP contribution is 2.40. The lowest BCUT2D eigenvalue weighted by molar-refractivity contribution is -0.137.